The fourth-order valence-electron chi connectivity index (χ4n) is 4.47. The van der Waals surface area contributed by atoms with Crippen molar-refractivity contribution in [2.75, 3.05) is 12.8 Å². The van der Waals surface area contributed by atoms with Crippen LogP contribution in [0.15, 0.2) is 78.0 Å². The van der Waals surface area contributed by atoms with Crippen molar-refractivity contribution in [3.05, 3.63) is 100 Å². The maximum atomic E-state index is 14.2. The Balaban J connectivity index is 1.73. The normalized spacial score (nSPS) is 11.7. The van der Waals surface area contributed by atoms with Crippen molar-refractivity contribution >= 4 is 16.7 Å². The van der Waals surface area contributed by atoms with Gasteiger partial charge in [-0.1, -0.05) is 43.3 Å². The number of nitrogens with two attached hydrogens (primary N) is 1. The summed E-state index contributed by atoms with van der Waals surface area (Å²) < 4.78 is 6.80. The molecule has 37 heavy (non-hydrogen) atoms. The molecule has 182 valence electrons. The summed E-state index contributed by atoms with van der Waals surface area (Å²) in [4.78, 5) is 30.9. The smallest absolute Gasteiger partial charge is 0.316 e. The molecule has 3 heterocycles. The minimum absolute atomic E-state index is 0.103. The summed E-state index contributed by atoms with van der Waals surface area (Å²) in [6.45, 7) is 2.00. The quantitative estimate of drug-likeness (QED) is 0.378. The lowest BCUT2D eigenvalue weighted by Crippen LogP contribution is -2.24. The van der Waals surface area contributed by atoms with Crippen molar-refractivity contribution in [2.45, 2.75) is 19.3 Å². The SMILES string of the molecule is COc1ncc(-c2cccc3cc([C@H](C)Cc4nc(N)ncc4C#N)n(-c4ccccc4)c(=O)c23)cn1. The number of aromatic nitrogens is 5. The van der Waals surface area contributed by atoms with Crippen LogP contribution < -0.4 is 16.0 Å². The topological polar surface area (TPSA) is 133 Å². The first-order chi connectivity index (χ1) is 18.0. The first kappa shape index (κ1) is 23.6. The molecule has 9 heteroatoms. The van der Waals surface area contributed by atoms with E-state index in [0.29, 0.717) is 28.6 Å². The number of methoxy groups -OCH3 is 1. The molecule has 5 aromatic rings. The largest absolute Gasteiger partial charge is 0.467 e. The third-order valence-corrected chi connectivity index (χ3v) is 6.22. The molecule has 2 N–H and O–H groups in total. The van der Waals surface area contributed by atoms with E-state index in [1.54, 1.807) is 17.0 Å². The number of nitrogens with zero attached hydrogens (tertiary/aromatic N) is 6. The zero-order valence-corrected chi connectivity index (χ0v) is 20.3. The molecular weight excluding hydrogens is 466 g/mol. The predicted octanol–water partition coefficient (Wildman–Crippen LogP) is 4.05. The Hall–Kier alpha value is -5.10. The Morgan fingerprint density at radius 3 is 2.51 bits per heavy atom. The van der Waals surface area contributed by atoms with Crippen LogP contribution in [0.25, 0.3) is 27.6 Å². The van der Waals surface area contributed by atoms with Gasteiger partial charge in [-0.05, 0) is 35.6 Å². The predicted molar refractivity (Wildman–Crippen MR) is 140 cm³/mol. The lowest BCUT2D eigenvalue weighted by atomic mass is 9.94. The molecule has 0 saturated heterocycles. The third-order valence-electron chi connectivity index (χ3n) is 6.22. The summed E-state index contributed by atoms with van der Waals surface area (Å²) >= 11 is 0. The summed E-state index contributed by atoms with van der Waals surface area (Å²) in [5, 5.41) is 10.9. The van der Waals surface area contributed by atoms with Crippen molar-refractivity contribution in [3.8, 4) is 28.9 Å². The van der Waals surface area contributed by atoms with E-state index in [0.717, 1.165) is 22.3 Å². The fraction of sp³-hybridized carbons (Fsp3) is 0.143. The second-order valence-electron chi connectivity index (χ2n) is 8.58. The highest BCUT2D eigenvalue weighted by atomic mass is 16.5. The molecule has 0 saturated carbocycles. The second-order valence-corrected chi connectivity index (χ2v) is 8.58. The van der Waals surface area contributed by atoms with Crippen molar-refractivity contribution in [1.82, 2.24) is 24.5 Å². The maximum Gasteiger partial charge on any atom is 0.316 e. The Morgan fingerprint density at radius 1 is 1.05 bits per heavy atom. The van der Waals surface area contributed by atoms with Gasteiger partial charge in [-0.3, -0.25) is 9.36 Å². The fourth-order valence-corrected chi connectivity index (χ4v) is 4.47. The number of benzene rings is 2. The molecule has 5 rings (SSSR count). The Morgan fingerprint density at radius 2 is 1.81 bits per heavy atom. The average molecular weight is 490 g/mol. The number of hydrogen-bond donors (Lipinski definition) is 1. The number of anilines is 1. The molecule has 0 aliphatic heterocycles. The molecule has 3 aromatic heterocycles. The van der Waals surface area contributed by atoms with Gasteiger partial charge in [-0.25, -0.2) is 19.9 Å². The number of para-hydroxylation sites is 1. The first-order valence-corrected chi connectivity index (χ1v) is 11.6. The van der Waals surface area contributed by atoms with Gasteiger partial charge in [0, 0.05) is 35.3 Å². The Bertz CT molecular complexity index is 1690. The first-order valence-electron chi connectivity index (χ1n) is 11.6. The van der Waals surface area contributed by atoms with E-state index in [9.17, 15) is 10.1 Å². The Labute approximate surface area is 212 Å². The summed E-state index contributed by atoms with van der Waals surface area (Å²) in [6.07, 6.45) is 5.12. The highest BCUT2D eigenvalue weighted by Gasteiger charge is 2.21. The number of rotatable bonds is 6. The van der Waals surface area contributed by atoms with E-state index in [2.05, 4.69) is 26.0 Å². The van der Waals surface area contributed by atoms with Gasteiger partial charge < -0.3 is 10.5 Å². The summed E-state index contributed by atoms with van der Waals surface area (Å²) in [6, 6.07) is 19.6. The number of ether oxygens (including phenoxy) is 1. The molecule has 0 aliphatic rings. The average Bonchev–Trinajstić information content (AvgIpc) is 2.93. The molecule has 2 aromatic carbocycles. The van der Waals surface area contributed by atoms with Gasteiger partial charge in [0.05, 0.1) is 30.0 Å². The van der Waals surface area contributed by atoms with Crippen LogP contribution in [0.3, 0.4) is 0 Å². The van der Waals surface area contributed by atoms with E-state index in [4.69, 9.17) is 10.5 Å². The van der Waals surface area contributed by atoms with Gasteiger partial charge >= 0.3 is 6.01 Å². The molecule has 0 bridgehead atoms. The van der Waals surface area contributed by atoms with E-state index < -0.39 is 0 Å². The minimum atomic E-state index is -0.174. The van der Waals surface area contributed by atoms with E-state index in [-0.39, 0.29) is 23.4 Å². The summed E-state index contributed by atoms with van der Waals surface area (Å²) in [5.41, 5.74) is 9.49. The molecule has 9 nitrogen and oxygen atoms in total. The monoisotopic (exact) mass is 489 g/mol. The van der Waals surface area contributed by atoms with Crippen LogP contribution in [-0.4, -0.2) is 31.6 Å². The van der Waals surface area contributed by atoms with Crippen molar-refractivity contribution in [2.24, 2.45) is 0 Å². The molecule has 0 spiro atoms. The third kappa shape index (κ3) is 4.48. The van der Waals surface area contributed by atoms with Gasteiger partial charge in [-0.2, -0.15) is 5.26 Å². The number of nitriles is 1. The van der Waals surface area contributed by atoms with Crippen LogP contribution in [0.5, 0.6) is 6.01 Å². The van der Waals surface area contributed by atoms with Gasteiger partial charge in [0.15, 0.2) is 0 Å². The molecule has 0 amide bonds. The molecule has 0 unspecified atom stereocenters. The van der Waals surface area contributed by atoms with Gasteiger partial charge in [0.25, 0.3) is 5.56 Å². The lowest BCUT2D eigenvalue weighted by Gasteiger charge is -2.21. The summed E-state index contributed by atoms with van der Waals surface area (Å²) in [5.74, 6) is -0.0711. The van der Waals surface area contributed by atoms with Crippen LogP contribution in [0.1, 0.15) is 29.8 Å². The highest BCUT2D eigenvalue weighted by Crippen LogP contribution is 2.30. The van der Waals surface area contributed by atoms with Crippen molar-refractivity contribution in [1.29, 1.82) is 5.26 Å². The number of pyridine rings is 1. The molecule has 0 radical (unpaired) electrons. The maximum absolute atomic E-state index is 14.2. The van der Waals surface area contributed by atoms with Gasteiger partial charge in [0.2, 0.25) is 5.95 Å². The zero-order valence-electron chi connectivity index (χ0n) is 20.3. The number of nitrogen functional groups attached to an aromatic ring is 1. The minimum Gasteiger partial charge on any atom is -0.467 e. The molecule has 0 fully saturated rings. The Kier molecular flexibility index (Phi) is 6.31. The van der Waals surface area contributed by atoms with Crippen LogP contribution in [0, 0.1) is 11.3 Å². The lowest BCUT2D eigenvalue weighted by molar-refractivity contribution is 0.380. The van der Waals surface area contributed by atoms with Crippen molar-refractivity contribution in [3.63, 3.8) is 0 Å². The van der Waals surface area contributed by atoms with Crippen LogP contribution in [-0.2, 0) is 6.42 Å². The van der Waals surface area contributed by atoms with Crippen LogP contribution >= 0.6 is 0 Å². The van der Waals surface area contributed by atoms with Crippen LogP contribution in [0.4, 0.5) is 5.95 Å². The van der Waals surface area contributed by atoms with Crippen molar-refractivity contribution < 1.29 is 4.74 Å². The molecular formula is C28H23N7O2. The molecule has 0 aliphatic carbocycles. The van der Waals surface area contributed by atoms with Gasteiger partial charge in [0.1, 0.15) is 6.07 Å². The number of hydrogen-bond acceptors (Lipinski definition) is 8. The van der Waals surface area contributed by atoms with E-state index in [1.807, 2.05) is 61.5 Å². The van der Waals surface area contributed by atoms with Crippen LogP contribution in [0.2, 0.25) is 0 Å². The highest BCUT2D eigenvalue weighted by molar-refractivity contribution is 5.96. The standard InChI is InChI=1S/C28H23N7O2/c1-17(11-23-19(13-29)14-31-27(30)34-23)24-12-18-7-6-10-22(20-15-32-28(37-2)33-16-20)25(18)26(36)35(24)21-8-4-3-5-9-21/h3-10,12,14-17H,11H2,1-2H3,(H2,30,31,34)/t17-/m1/s1. The van der Waals surface area contributed by atoms with E-state index in [1.165, 1.54) is 13.3 Å². The zero-order chi connectivity index (χ0) is 25.9. The second kappa shape index (κ2) is 9.87. The van der Waals surface area contributed by atoms with E-state index >= 15 is 0 Å². The molecule has 1 atom stereocenters. The van der Waals surface area contributed by atoms with Gasteiger partial charge in [-0.15, -0.1) is 0 Å². The number of fused-ring (bicyclic) bond motifs is 1. The summed E-state index contributed by atoms with van der Waals surface area (Å²) in [7, 11) is 1.50.